The van der Waals surface area contributed by atoms with E-state index in [0.29, 0.717) is 11.9 Å². The maximum absolute atomic E-state index is 12.3. The van der Waals surface area contributed by atoms with Crippen molar-refractivity contribution in [3.05, 3.63) is 22.4 Å². The first-order valence-corrected chi connectivity index (χ1v) is 7.31. The lowest BCUT2D eigenvalue weighted by Gasteiger charge is -2.37. The highest BCUT2D eigenvalue weighted by Gasteiger charge is 2.44. The second-order valence-electron chi connectivity index (χ2n) is 4.88. The van der Waals surface area contributed by atoms with Gasteiger partial charge in [0.05, 0.1) is 6.04 Å². The van der Waals surface area contributed by atoms with E-state index in [1.807, 2.05) is 0 Å². The fraction of sp³-hybridized carbons (Fsp3) is 0.615. The fourth-order valence-electron chi connectivity index (χ4n) is 2.66. The smallest absolute Gasteiger partial charge is 0.241 e. The standard InChI is InChI=1S/C13H18N2OS/c1-2-10-13(16)15(9-5-3-6-9)12(14-10)11-7-4-8-17-11/h4,7-10,12,14H,2-3,5-6H2,1H3. The molecule has 1 aromatic rings. The van der Waals surface area contributed by atoms with Crippen molar-refractivity contribution in [3.8, 4) is 0 Å². The Labute approximate surface area is 106 Å². The van der Waals surface area contributed by atoms with E-state index in [1.54, 1.807) is 11.3 Å². The summed E-state index contributed by atoms with van der Waals surface area (Å²) in [4.78, 5) is 15.7. The van der Waals surface area contributed by atoms with Crippen molar-refractivity contribution in [1.82, 2.24) is 10.2 Å². The minimum absolute atomic E-state index is 0.0164. The first-order valence-electron chi connectivity index (χ1n) is 6.43. The van der Waals surface area contributed by atoms with E-state index < -0.39 is 0 Å². The van der Waals surface area contributed by atoms with Crippen LogP contribution in [0, 0.1) is 0 Å². The normalized spacial score (nSPS) is 29.7. The molecule has 1 amide bonds. The molecule has 1 saturated heterocycles. The summed E-state index contributed by atoms with van der Waals surface area (Å²) >= 11 is 1.73. The number of nitrogens with one attached hydrogen (secondary N) is 1. The summed E-state index contributed by atoms with van der Waals surface area (Å²) in [5, 5.41) is 5.56. The molecule has 1 saturated carbocycles. The summed E-state index contributed by atoms with van der Waals surface area (Å²) in [6, 6.07) is 4.67. The molecule has 2 atom stereocenters. The third-order valence-electron chi connectivity index (χ3n) is 3.88. The maximum Gasteiger partial charge on any atom is 0.241 e. The molecular weight excluding hydrogens is 232 g/mol. The van der Waals surface area contributed by atoms with Crippen LogP contribution >= 0.6 is 11.3 Å². The number of carbonyl (C=O) groups excluding carboxylic acids is 1. The minimum atomic E-state index is 0.0164. The zero-order valence-electron chi connectivity index (χ0n) is 10.1. The van der Waals surface area contributed by atoms with Crippen LogP contribution in [0.2, 0.25) is 0 Å². The zero-order chi connectivity index (χ0) is 11.8. The molecule has 0 spiro atoms. The van der Waals surface area contributed by atoms with Crippen LogP contribution in [0.5, 0.6) is 0 Å². The molecule has 1 N–H and O–H groups in total. The van der Waals surface area contributed by atoms with E-state index in [9.17, 15) is 4.79 Å². The van der Waals surface area contributed by atoms with Crippen LogP contribution in [0.4, 0.5) is 0 Å². The number of carbonyl (C=O) groups is 1. The molecule has 1 aliphatic heterocycles. The Morgan fingerprint density at radius 2 is 2.35 bits per heavy atom. The quantitative estimate of drug-likeness (QED) is 0.894. The molecule has 2 aliphatic rings. The Morgan fingerprint density at radius 3 is 2.88 bits per heavy atom. The molecule has 2 fully saturated rings. The number of thiophene rings is 1. The Bertz CT molecular complexity index is 400. The first-order chi connectivity index (χ1) is 8.31. The molecule has 3 nitrogen and oxygen atoms in total. The molecule has 2 heterocycles. The third-order valence-corrected chi connectivity index (χ3v) is 4.80. The Kier molecular flexibility index (Phi) is 2.92. The van der Waals surface area contributed by atoms with Crippen LogP contribution in [-0.2, 0) is 4.79 Å². The number of amides is 1. The Balaban J connectivity index is 1.87. The summed E-state index contributed by atoms with van der Waals surface area (Å²) < 4.78 is 0. The molecule has 0 bridgehead atoms. The van der Waals surface area contributed by atoms with Gasteiger partial charge in [0.15, 0.2) is 0 Å². The van der Waals surface area contributed by atoms with Crippen LogP contribution in [0.25, 0.3) is 0 Å². The highest BCUT2D eigenvalue weighted by atomic mass is 32.1. The van der Waals surface area contributed by atoms with Gasteiger partial charge in [0.2, 0.25) is 5.91 Å². The number of rotatable bonds is 3. The van der Waals surface area contributed by atoms with E-state index in [4.69, 9.17) is 0 Å². The molecule has 1 aliphatic carbocycles. The average Bonchev–Trinajstić information content (AvgIpc) is 2.86. The zero-order valence-corrected chi connectivity index (χ0v) is 10.9. The Hall–Kier alpha value is -0.870. The molecular formula is C13H18N2OS. The monoisotopic (exact) mass is 250 g/mol. The van der Waals surface area contributed by atoms with E-state index >= 15 is 0 Å². The lowest BCUT2D eigenvalue weighted by Crippen LogP contribution is -2.43. The van der Waals surface area contributed by atoms with Gasteiger partial charge < -0.3 is 4.90 Å². The van der Waals surface area contributed by atoms with Crippen molar-refractivity contribution in [2.24, 2.45) is 0 Å². The van der Waals surface area contributed by atoms with Crippen molar-refractivity contribution < 1.29 is 4.79 Å². The molecule has 0 radical (unpaired) electrons. The molecule has 92 valence electrons. The topological polar surface area (TPSA) is 32.3 Å². The molecule has 1 aromatic heterocycles. The van der Waals surface area contributed by atoms with Crippen molar-refractivity contribution in [2.45, 2.75) is 50.9 Å². The number of nitrogens with zero attached hydrogens (tertiary/aromatic N) is 1. The van der Waals surface area contributed by atoms with Gasteiger partial charge in [-0.15, -0.1) is 11.3 Å². The molecule has 17 heavy (non-hydrogen) atoms. The molecule has 2 unspecified atom stereocenters. The van der Waals surface area contributed by atoms with Gasteiger partial charge in [-0.1, -0.05) is 13.0 Å². The summed E-state index contributed by atoms with van der Waals surface area (Å²) in [5.74, 6) is 0.301. The van der Waals surface area contributed by atoms with Crippen molar-refractivity contribution in [2.75, 3.05) is 0 Å². The predicted octanol–water partition coefficient (Wildman–Crippen LogP) is 2.51. The van der Waals surface area contributed by atoms with Crippen LogP contribution in [0.3, 0.4) is 0 Å². The second-order valence-corrected chi connectivity index (χ2v) is 5.85. The first kappa shape index (κ1) is 11.2. The van der Waals surface area contributed by atoms with E-state index in [2.05, 4.69) is 34.7 Å². The number of hydrogen-bond acceptors (Lipinski definition) is 3. The van der Waals surface area contributed by atoms with Gasteiger partial charge in [-0.2, -0.15) is 0 Å². The SMILES string of the molecule is CCC1NC(c2cccs2)N(C2CCC2)C1=O. The highest BCUT2D eigenvalue weighted by molar-refractivity contribution is 7.10. The van der Waals surface area contributed by atoms with Gasteiger partial charge in [-0.05, 0) is 37.1 Å². The second kappa shape index (κ2) is 4.42. The van der Waals surface area contributed by atoms with Gasteiger partial charge in [0, 0.05) is 10.9 Å². The maximum atomic E-state index is 12.3. The number of hydrogen-bond donors (Lipinski definition) is 1. The third kappa shape index (κ3) is 1.79. The highest BCUT2D eigenvalue weighted by Crippen LogP contribution is 2.37. The minimum Gasteiger partial charge on any atom is -0.318 e. The summed E-state index contributed by atoms with van der Waals surface area (Å²) in [6.45, 7) is 2.07. The van der Waals surface area contributed by atoms with Gasteiger partial charge in [0.25, 0.3) is 0 Å². The molecule has 3 rings (SSSR count). The van der Waals surface area contributed by atoms with E-state index in [0.717, 1.165) is 6.42 Å². The van der Waals surface area contributed by atoms with Gasteiger partial charge in [0.1, 0.15) is 6.17 Å². The van der Waals surface area contributed by atoms with Gasteiger partial charge in [-0.3, -0.25) is 10.1 Å². The van der Waals surface area contributed by atoms with Crippen LogP contribution < -0.4 is 5.32 Å². The van der Waals surface area contributed by atoms with Crippen LogP contribution in [0.1, 0.15) is 43.6 Å². The van der Waals surface area contributed by atoms with Crippen LogP contribution in [-0.4, -0.2) is 22.9 Å². The van der Waals surface area contributed by atoms with E-state index in [-0.39, 0.29) is 12.2 Å². The Morgan fingerprint density at radius 1 is 1.53 bits per heavy atom. The van der Waals surface area contributed by atoms with Crippen molar-refractivity contribution in [3.63, 3.8) is 0 Å². The van der Waals surface area contributed by atoms with E-state index in [1.165, 1.54) is 24.1 Å². The van der Waals surface area contributed by atoms with Crippen molar-refractivity contribution >= 4 is 17.2 Å². The lowest BCUT2D eigenvalue weighted by atomic mass is 9.91. The molecule has 0 aromatic carbocycles. The average molecular weight is 250 g/mol. The predicted molar refractivity (Wildman–Crippen MR) is 68.8 cm³/mol. The van der Waals surface area contributed by atoms with Crippen LogP contribution in [0.15, 0.2) is 17.5 Å². The molecule has 4 heteroatoms. The largest absolute Gasteiger partial charge is 0.318 e. The van der Waals surface area contributed by atoms with Gasteiger partial charge >= 0.3 is 0 Å². The van der Waals surface area contributed by atoms with Crippen molar-refractivity contribution in [1.29, 1.82) is 0 Å². The summed E-state index contributed by atoms with van der Waals surface area (Å²) in [7, 11) is 0. The fourth-order valence-corrected chi connectivity index (χ4v) is 3.45. The lowest BCUT2D eigenvalue weighted by molar-refractivity contribution is -0.134. The summed E-state index contributed by atoms with van der Waals surface area (Å²) in [5.41, 5.74) is 0. The summed E-state index contributed by atoms with van der Waals surface area (Å²) in [6.07, 6.45) is 4.61. The van der Waals surface area contributed by atoms with Gasteiger partial charge in [-0.25, -0.2) is 0 Å².